The summed E-state index contributed by atoms with van der Waals surface area (Å²) in [6.07, 6.45) is 3.53. The number of anilines is 3. The molecule has 3 rings (SSSR count). The van der Waals surface area contributed by atoms with E-state index in [2.05, 4.69) is 36.2 Å². The predicted molar refractivity (Wildman–Crippen MR) is 125 cm³/mol. The second-order valence-corrected chi connectivity index (χ2v) is 7.54. The fraction of sp³-hybridized carbons (Fsp3) is 0.591. The molecule has 0 bridgehead atoms. The molecular weight excluding hydrogens is 410 g/mol. The van der Waals surface area contributed by atoms with Crippen LogP contribution in [0.2, 0.25) is 0 Å². The van der Waals surface area contributed by atoms with Gasteiger partial charge in [-0.25, -0.2) is 0 Å². The third-order valence-electron chi connectivity index (χ3n) is 5.08. The van der Waals surface area contributed by atoms with Crippen LogP contribution in [0.25, 0.3) is 0 Å². The minimum Gasteiger partial charge on any atom is -0.497 e. The monoisotopic (exact) mass is 445 g/mol. The quantitative estimate of drug-likeness (QED) is 0.286. The molecule has 4 N–H and O–H groups in total. The summed E-state index contributed by atoms with van der Waals surface area (Å²) in [5.41, 5.74) is 1.11. The fourth-order valence-electron chi connectivity index (χ4n) is 2.99. The fourth-order valence-corrected chi connectivity index (χ4v) is 2.99. The lowest BCUT2D eigenvalue weighted by Crippen LogP contribution is -2.28. The normalized spacial score (nSPS) is 13.4. The first-order chi connectivity index (χ1) is 15.8. The molecule has 0 spiro atoms. The lowest BCUT2D eigenvalue weighted by atomic mass is 9.93. The van der Waals surface area contributed by atoms with Crippen molar-refractivity contribution in [3.8, 4) is 5.75 Å². The number of methoxy groups -OCH3 is 1. The SMILES string of the molecule is CNCCOCCOCCNc1nc(NCc2ccc(OC)cc2)nc(NC2CCC2)n1. The van der Waals surface area contributed by atoms with Gasteiger partial charge in [-0.2, -0.15) is 15.0 Å². The summed E-state index contributed by atoms with van der Waals surface area (Å²) in [5.74, 6) is 2.47. The zero-order valence-corrected chi connectivity index (χ0v) is 19.0. The van der Waals surface area contributed by atoms with Gasteiger partial charge in [0.2, 0.25) is 17.8 Å². The van der Waals surface area contributed by atoms with E-state index in [1.165, 1.54) is 6.42 Å². The lowest BCUT2D eigenvalue weighted by Gasteiger charge is -2.26. The van der Waals surface area contributed by atoms with Crippen molar-refractivity contribution in [2.24, 2.45) is 0 Å². The highest BCUT2D eigenvalue weighted by atomic mass is 16.5. The van der Waals surface area contributed by atoms with Gasteiger partial charge in [0.05, 0.1) is 33.5 Å². The van der Waals surface area contributed by atoms with Crippen molar-refractivity contribution in [3.63, 3.8) is 0 Å². The first kappa shape index (κ1) is 24.0. The Bertz CT molecular complexity index is 788. The molecular formula is C22H35N7O3. The minimum atomic E-state index is 0.436. The Morgan fingerprint density at radius 2 is 1.50 bits per heavy atom. The second kappa shape index (κ2) is 13.7. The maximum Gasteiger partial charge on any atom is 0.229 e. The van der Waals surface area contributed by atoms with Gasteiger partial charge in [0.25, 0.3) is 0 Å². The van der Waals surface area contributed by atoms with E-state index in [0.29, 0.717) is 63.4 Å². The van der Waals surface area contributed by atoms with Gasteiger partial charge in [-0.05, 0) is 44.0 Å². The maximum atomic E-state index is 5.59. The van der Waals surface area contributed by atoms with Gasteiger partial charge in [0.15, 0.2) is 0 Å². The number of nitrogens with zero attached hydrogens (tertiary/aromatic N) is 3. The molecule has 1 fully saturated rings. The molecule has 176 valence electrons. The summed E-state index contributed by atoms with van der Waals surface area (Å²) in [6.45, 7) is 4.42. The minimum absolute atomic E-state index is 0.436. The van der Waals surface area contributed by atoms with Gasteiger partial charge in [-0.1, -0.05) is 12.1 Å². The lowest BCUT2D eigenvalue weighted by molar-refractivity contribution is 0.0531. The van der Waals surface area contributed by atoms with Crippen LogP contribution in [0.3, 0.4) is 0 Å². The average molecular weight is 446 g/mol. The van der Waals surface area contributed by atoms with E-state index in [1.807, 2.05) is 31.3 Å². The van der Waals surface area contributed by atoms with Gasteiger partial charge < -0.3 is 35.5 Å². The Hall–Kier alpha value is -2.69. The number of likely N-dealkylation sites (N-methyl/N-ethyl adjacent to an activating group) is 1. The molecule has 1 aromatic carbocycles. The Morgan fingerprint density at radius 3 is 2.12 bits per heavy atom. The van der Waals surface area contributed by atoms with Crippen molar-refractivity contribution in [3.05, 3.63) is 29.8 Å². The molecule has 0 atom stereocenters. The second-order valence-electron chi connectivity index (χ2n) is 7.54. The molecule has 10 heteroatoms. The molecule has 1 heterocycles. The zero-order valence-electron chi connectivity index (χ0n) is 19.0. The van der Waals surface area contributed by atoms with Crippen LogP contribution in [0, 0.1) is 0 Å². The molecule has 0 saturated heterocycles. The third-order valence-corrected chi connectivity index (χ3v) is 5.08. The molecule has 0 radical (unpaired) electrons. The molecule has 1 aliphatic carbocycles. The van der Waals surface area contributed by atoms with Crippen molar-refractivity contribution in [2.45, 2.75) is 31.8 Å². The predicted octanol–water partition coefficient (Wildman–Crippen LogP) is 2.12. The van der Waals surface area contributed by atoms with E-state index in [1.54, 1.807) is 7.11 Å². The average Bonchev–Trinajstić information content (AvgIpc) is 2.79. The molecule has 10 nitrogen and oxygen atoms in total. The number of hydrogen-bond donors (Lipinski definition) is 4. The van der Waals surface area contributed by atoms with Gasteiger partial charge >= 0.3 is 0 Å². The van der Waals surface area contributed by atoms with E-state index >= 15 is 0 Å². The van der Waals surface area contributed by atoms with Crippen LogP contribution in [-0.2, 0) is 16.0 Å². The number of nitrogens with one attached hydrogen (secondary N) is 4. The molecule has 0 unspecified atom stereocenters. The zero-order chi connectivity index (χ0) is 22.4. The third kappa shape index (κ3) is 8.45. The first-order valence-corrected chi connectivity index (χ1v) is 11.2. The Kier molecular flexibility index (Phi) is 10.2. The maximum absolute atomic E-state index is 5.59. The van der Waals surface area contributed by atoms with Crippen molar-refractivity contribution in [2.75, 3.05) is 69.6 Å². The Balaban J connectivity index is 1.48. The number of hydrogen-bond acceptors (Lipinski definition) is 10. The van der Waals surface area contributed by atoms with Crippen LogP contribution < -0.4 is 26.0 Å². The molecule has 32 heavy (non-hydrogen) atoms. The summed E-state index contributed by atoms with van der Waals surface area (Å²) in [7, 11) is 3.56. The number of aromatic nitrogens is 3. The Labute approximate surface area is 189 Å². The molecule has 0 aliphatic heterocycles. The number of ether oxygens (including phenoxy) is 3. The Morgan fingerprint density at radius 1 is 0.844 bits per heavy atom. The highest BCUT2D eigenvalue weighted by Crippen LogP contribution is 2.22. The van der Waals surface area contributed by atoms with Crippen LogP contribution in [-0.4, -0.2) is 74.7 Å². The topological polar surface area (TPSA) is 114 Å². The van der Waals surface area contributed by atoms with Crippen molar-refractivity contribution in [1.82, 2.24) is 20.3 Å². The summed E-state index contributed by atoms with van der Waals surface area (Å²) >= 11 is 0. The van der Waals surface area contributed by atoms with E-state index < -0.39 is 0 Å². The highest BCUT2D eigenvalue weighted by Gasteiger charge is 2.19. The van der Waals surface area contributed by atoms with Crippen molar-refractivity contribution < 1.29 is 14.2 Å². The molecule has 1 aromatic heterocycles. The molecule has 1 aliphatic rings. The highest BCUT2D eigenvalue weighted by molar-refractivity contribution is 5.43. The standard InChI is InChI=1S/C22H35N7O3/c1-23-10-12-31-14-15-32-13-11-24-20-27-21(29-22(28-20)26-18-4-3-5-18)25-16-17-6-8-19(30-2)9-7-17/h6-9,18,23H,3-5,10-16H2,1-2H3,(H3,24,25,26,27,28,29). The van der Waals surface area contributed by atoms with Crippen LogP contribution >= 0.6 is 0 Å². The largest absolute Gasteiger partial charge is 0.497 e. The van der Waals surface area contributed by atoms with Crippen LogP contribution in [0.4, 0.5) is 17.8 Å². The summed E-state index contributed by atoms with van der Waals surface area (Å²) in [4.78, 5) is 13.6. The van der Waals surface area contributed by atoms with Crippen LogP contribution in [0.5, 0.6) is 5.75 Å². The van der Waals surface area contributed by atoms with Crippen molar-refractivity contribution >= 4 is 17.8 Å². The smallest absolute Gasteiger partial charge is 0.229 e. The summed E-state index contributed by atoms with van der Waals surface area (Å²) in [6, 6.07) is 8.34. The van der Waals surface area contributed by atoms with Gasteiger partial charge in [0, 0.05) is 25.7 Å². The van der Waals surface area contributed by atoms with Crippen LogP contribution in [0.15, 0.2) is 24.3 Å². The summed E-state index contributed by atoms with van der Waals surface area (Å²) in [5, 5.41) is 12.9. The van der Waals surface area contributed by atoms with Crippen molar-refractivity contribution in [1.29, 1.82) is 0 Å². The van der Waals surface area contributed by atoms with Gasteiger partial charge in [0.1, 0.15) is 5.75 Å². The van der Waals surface area contributed by atoms with Crippen LogP contribution in [0.1, 0.15) is 24.8 Å². The first-order valence-electron chi connectivity index (χ1n) is 11.2. The summed E-state index contributed by atoms with van der Waals surface area (Å²) < 4.78 is 16.2. The van der Waals surface area contributed by atoms with Gasteiger partial charge in [-0.15, -0.1) is 0 Å². The molecule has 0 amide bonds. The molecule has 2 aromatic rings. The van der Waals surface area contributed by atoms with E-state index in [0.717, 1.165) is 30.7 Å². The van der Waals surface area contributed by atoms with E-state index in [9.17, 15) is 0 Å². The number of benzene rings is 1. The number of rotatable bonds is 16. The van der Waals surface area contributed by atoms with E-state index in [4.69, 9.17) is 14.2 Å². The molecule has 1 saturated carbocycles. The van der Waals surface area contributed by atoms with Gasteiger partial charge in [-0.3, -0.25) is 0 Å². The van der Waals surface area contributed by atoms with E-state index in [-0.39, 0.29) is 0 Å².